The number of carbonyl (C=O) groups is 1. The minimum atomic E-state index is -1.10. The highest BCUT2D eigenvalue weighted by atomic mass is 32.1. The van der Waals surface area contributed by atoms with Crippen molar-refractivity contribution in [3.8, 4) is 0 Å². The number of thiazole rings is 2. The lowest BCUT2D eigenvalue weighted by Crippen LogP contribution is -2.50. The monoisotopic (exact) mass is 527 g/mol. The number of carboxylic acid groups (broad SMARTS) is 1. The van der Waals surface area contributed by atoms with Gasteiger partial charge in [-0.1, -0.05) is 23.5 Å². The van der Waals surface area contributed by atoms with Crippen LogP contribution in [0.25, 0.3) is 10.2 Å². The van der Waals surface area contributed by atoms with Crippen LogP contribution < -0.4 is 10.2 Å². The second kappa shape index (κ2) is 10.8. The van der Waals surface area contributed by atoms with Gasteiger partial charge in [-0.2, -0.15) is 0 Å². The summed E-state index contributed by atoms with van der Waals surface area (Å²) in [5.41, 5.74) is 1.71. The Bertz CT molecular complexity index is 1320. The molecule has 13 heteroatoms. The highest BCUT2D eigenvalue weighted by Crippen LogP contribution is 2.32. The number of benzene rings is 1. The highest BCUT2D eigenvalue weighted by molar-refractivity contribution is 7.22. The van der Waals surface area contributed by atoms with Gasteiger partial charge in [0.05, 0.1) is 36.1 Å². The van der Waals surface area contributed by atoms with Crippen molar-refractivity contribution in [3.63, 3.8) is 0 Å². The maximum atomic E-state index is 11.5. The van der Waals surface area contributed by atoms with Crippen molar-refractivity contribution in [1.29, 1.82) is 0 Å². The van der Waals surface area contributed by atoms with E-state index in [-0.39, 0.29) is 18.3 Å². The molecule has 1 fully saturated rings. The molecule has 0 saturated carbocycles. The van der Waals surface area contributed by atoms with Gasteiger partial charge in [-0.15, -0.1) is 21.5 Å². The third-order valence-electron chi connectivity index (χ3n) is 5.88. The van der Waals surface area contributed by atoms with Crippen molar-refractivity contribution in [2.75, 3.05) is 49.7 Å². The van der Waals surface area contributed by atoms with Gasteiger partial charge < -0.3 is 20.3 Å². The van der Waals surface area contributed by atoms with Crippen LogP contribution in [0.1, 0.15) is 16.1 Å². The van der Waals surface area contributed by atoms with E-state index in [0.717, 1.165) is 20.9 Å². The largest absolute Gasteiger partial charge is 0.476 e. The number of ether oxygens (including phenoxy) is 1. The van der Waals surface area contributed by atoms with Crippen LogP contribution in [-0.4, -0.2) is 86.7 Å². The molecule has 0 aliphatic carbocycles. The summed E-state index contributed by atoms with van der Waals surface area (Å²) in [7, 11) is 0. The normalized spacial score (nSPS) is 15.2. The zero-order valence-corrected chi connectivity index (χ0v) is 21.1. The zero-order valence-electron chi connectivity index (χ0n) is 19.5. The zero-order chi connectivity index (χ0) is 25.1. The Morgan fingerprint density at radius 3 is 2.75 bits per heavy atom. The summed E-state index contributed by atoms with van der Waals surface area (Å²) < 4.78 is 6.52. The topological polar surface area (TPSA) is 137 Å². The first-order valence-electron chi connectivity index (χ1n) is 11.4. The first-order chi connectivity index (χ1) is 17.5. The smallest absolute Gasteiger partial charge is 0.355 e. The molecule has 1 atom stereocenters. The number of aryl methyl sites for hydroxylation is 1. The van der Waals surface area contributed by atoms with Crippen LogP contribution in [0.15, 0.2) is 35.7 Å². The van der Waals surface area contributed by atoms with Gasteiger partial charge in [0.1, 0.15) is 0 Å². The highest BCUT2D eigenvalue weighted by Gasteiger charge is 2.27. The number of anilines is 4. The molecule has 1 unspecified atom stereocenters. The van der Waals surface area contributed by atoms with Crippen LogP contribution in [0, 0.1) is 6.92 Å². The number of hydrogen-bond donors (Lipinski definition) is 3. The van der Waals surface area contributed by atoms with E-state index >= 15 is 0 Å². The number of hydrogen-bond acceptors (Lipinski definition) is 12. The number of aliphatic hydroxyl groups is 1. The summed E-state index contributed by atoms with van der Waals surface area (Å²) in [4.78, 5) is 24.3. The van der Waals surface area contributed by atoms with E-state index in [1.54, 1.807) is 0 Å². The van der Waals surface area contributed by atoms with Gasteiger partial charge in [0, 0.05) is 25.0 Å². The summed E-state index contributed by atoms with van der Waals surface area (Å²) in [5.74, 6) is -0.00246. The number of aromatic carboxylic acids is 1. The maximum absolute atomic E-state index is 11.5. The van der Waals surface area contributed by atoms with Crippen LogP contribution in [0.5, 0.6) is 0 Å². The number of nitrogens with zero attached hydrogens (tertiary/aromatic N) is 6. The van der Waals surface area contributed by atoms with Crippen LogP contribution >= 0.6 is 22.7 Å². The fourth-order valence-electron chi connectivity index (χ4n) is 3.95. The predicted octanol–water partition coefficient (Wildman–Crippen LogP) is 3.12. The first-order valence-corrected chi connectivity index (χ1v) is 13.1. The van der Waals surface area contributed by atoms with Gasteiger partial charge in [-0.05, 0) is 30.7 Å². The second-order valence-electron chi connectivity index (χ2n) is 8.26. The van der Waals surface area contributed by atoms with Gasteiger partial charge >= 0.3 is 5.97 Å². The molecule has 36 heavy (non-hydrogen) atoms. The van der Waals surface area contributed by atoms with E-state index in [2.05, 4.69) is 30.4 Å². The molecule has 3 aromatic heterocycles. The third kappa shape index (κ3) is 5.29. The molecular formula is C23H25N7O4S2. The number of carboxylic acids is 1. The lowest BCUT2D eigenvalue weighted by molar-refractivity contribution is 0.00559. The molecule has 11 nitrogen and oxygen atoms in total. The van der Waals surface area contributed by atoms with Crippen molar-refractivity contribution in [2.45, 2.75) is 13.0 Å². The molecule has 4 heterocycles. The molecule has 188 valence electrons. The summed E-state index contributed by atoms with van der Waals surface area (Å²) in [6.07, 6.45) is 0. The summed E-state index contributed by atoms with van der Waals surface area (Å²) in [6.45, 7) is 4.81. The number of nitrogens with one attached hydrogen (secondary N) is 1. The average molecular weight is 528 g/mol. The van der Waals surface area contributed by atoms with E-state index < -0.39 is 5.97 Å². The quantitative estimate of drug-likeness (QED) is 0.296. The number of morpholine rings is 1. The van der Waals surface area contributed by atoms with Crippen LogP contribution in [-0.2, 0) is 4.74 Å². The molecule has 0 radical (unpaired) electrons. The fourth-order valence-corrected chi connectivity index (χ4v) is 5.63. The van der Waals surface area contributed by atoms with Crippen LogP contribution in [0.3, 0.4) is 0 Å². The predicted molar refractivity (Wildman–Crippen MR) is 139 cm³/mol. The summed E-state index contributed by atoms with van der Waals surface area (Å²) >= 11 is 2.75. The minimum absolute atomic E-state index is 0.0364. The number of para-hydroxylation sites is 1. The van der Waals surface area contributed by atoms with Gasteiger partial charge in [0.15, 0.2) is 27.6 Å². The summed E-state index contributed by atoms with van der Waals surface area (Å²) in [6, 6.07) is 9.56. The van der Waals surface area contributed by atoms with Gasteiger partial charge in [0.2, 0.25) is 0 Å². The Morgan fingerprint density at radius 2 is 2.06 bits per heavy atom. The minimum Gasteiger partial charge on any atom is -0.476 e. The SMILES string of the molecule is Cc1cc(N(CC(CO)N2CCOCC2)c2nc(C(=O)O)cs2)nnc1Nc1nc2ccccc2s1. The Balaban J connectivity index is 1.43. The lowest BCUT2D eigenvalue weighted by atomic mass is 10.2. The van der Waals surface area contributed by atoms with Crippen molar-refractivity contribution >= 4 is 60.8 Å². The summed E-state index contributed by atoms with van der Waals surface area (Å²) in [5, 5.41) is 34.3. The Kier molecular flexibility index (Phi) is 7.34. The Labute approximate surface area is 215 Å². The Morgan fingerprint density at radius 1 is 1.25 bits per heavy atom. The third-order valence-corrected chi connectivity index (χ3v) is 7.69. The van der Waals surface area contributed by atoms with Crippen molar-refractivity contribution in [1.82, 2.24) is 25.1 Å². The maximum Gasteiger partial charge on any atom is 0.355 e. The average Bonchev–Trinajstić information content (AvgIpc) is 3.54. The molecule has 1 saturated heterocycles. The fraction of sp³-hybridized carbons (Fsp3) is 0.348. The molecule has 1 aromatic carbocycles. The molecular weight excluding hydrogens is 502 g/mol. The number of aromatic nitrogens is 4. The van der Waals surface area contributed by atoms with Crippen molar-refractivity contribution in [2.24, 2.45) is 0 Å². The van der Waals surface area contributed by atoms with Crippen LogP contribution in [0.4, 0.5) is 21.9 Å². The van der Waals surface area contributed by atoms with E-state index in [0.29, 0.717) is 49.6 Å². The standard InChI is InChI=1S/C23H25N7O4S2/c1-14-10-19(27-28-20(14)26-22-24-16-4-2-3-5-18(16)36-22)30(23-25-17(13-35-23)21(32)33)11-15(12-31)29-6-8-34-9-7-29/h2-5,10,13,15,31H,6-9,11-12H2,1H3,(H,32,33)(H,24,26,28). The van der Waals surface area contributed by atoms with Gasteiger partial charge in [0.25, 0.3) is 0 Å². The molecule has 1 aliphatic rings. The molecule has 5 rings (SSSR count). The van der Waals surface area contributed by atoms with E-state index in [1.807, 2.05) is 42.2 Å². The van der Waals surface area contributed by atoms with Gasteiger partial charge in [-0.3, -0.25) is 9.80 Å². The molecule has 0 amide bonds. The van der Waals surface area contributed by atoms with Gasteiger partial charge in [-0.25, -0.2) is 14.8 Å². The van der Waals surface area contributed by atoms with E-state index in [1.165, 1.54) is 28.1 Å². The molecule has 3 N–H and O–H groups in total. The van der Waals surface area contributed by atoms with Crippen molar-refractivity contribution in [3.05, 3.63) is 47.0 Å². The van der Waals surface area contributed by atoms with E-state index in [4.69, 9.17) is 4.74 Å². The number of fused-ring (bicyclic) bond motifs is 1. The van der Waals surface area contributed by atoms with E-state index in [9.17, 15) is 15.0 Å². The second-order valence-corrected chi connectivity index (χ2v) is 10.1. The van der Waals surface area contributed by atoms with Crippen molar-refractivity contribution < 1.29 is 19.7 Å². The Hall–Kier alpha value is -3.23. The molecule has 0 bridgehead atoms. The number of rotatable bonds is 9. The number of aliphatic hydroxyl groups excluding tert-OH is 1. The molecule has 0 spiro atoms. The molecule has 4 aromatic rings. The molecule has 1 aliphatic heterocycles. The first kappa shape index (κ1) is 24.5. The lowest BCUT2D eigenvalue weighted by Gasteiger charge is -2.36. The van der Waals surface area contributed by atoms with Crippen LogP contribution in [0.2, 0.25) is 0 Å².